The number of likely N-dealkylation sites (tertiary alicyclic amines) is 1. The lowest BCUT2D eigenvalue weighted by molar-refractivity contribution is -0.172. The van der Waals surface area contributed by atoms with E-state index >= 15 is 0 Å². The van der Waals surface area contributed by atoms with E-state index in [0.29, 0.717) is 18.5 Å². The molecule has 0 aromatic carbocycles. The van der Waals surface area contributed by atoms with Gasteiger partial charge < -0.3 is 15.3 Å². The topological polar surface area (TPSA) is 69.6 Å². The van der Waals surface area contributed by atoms with Crippen molar-refractivity contribution in [2.24, 2.45) is 11.3 Å². The van der Waals surface area contributed by atoms with E-state index in [-0.39, 0.29) is 23.7 Å². The highest BCUT2D eigenvalue weighted by Crippen LogP contribution is 2.45. The summed E-state index contributed by atoms with van der Waals surface area (Å²) in [5, 5.41) is 12.8. The summed E-state index contributed by atoms with van der Waals surface area (Å²) in [4.78, 5) is 25.5. The van der Waals surface area contributed by atoms with E-state index in [1.165, 1.54) is 6.92 Å². The van der Waals surface area contributed by atoms with Crippen molar-refractivity contribution in [1.29, 1.82) is 0 Å². The van der Waals surface area contributed by atoms with Crippen molar-refractivity contribution in [2.75, 3.05) is 19.7 Å². The van der Waals surface area contributed by atoms with E-state index in [0.717, 1.165) is 32.2 Å². The first kappa shape index (κ1) is 16.4. The van der Waals surface area contributed by atoms with Gasteiger partial charge >= 0.3 is 0 Å². The Morgan fingerprint density at radius 3 is 2.48 bits per heavy atom. The van der Waals surface area contributed by atoms with E-state index in [1.54, 1.807) is 4.90 Å². The zero-order valence-electron chi connectivity index (χ0n) is 13.4. The molecule has 1 heterocycles. The fraction of sp³-hybridized carbons (Fsp3) is 0.875. The lowest BCUT2D eigenvalue weighted by atomic mass is 9.66. The van der Waals surface area contributed by atoms with Crippen LogP contribution < -0.4 is 5.32 Å². The van der Waals surface area contributed by atoms with Crippen LogP contribution in [0.3, 0.4) is 0 Å². The van der Waals surface area contributed by atoms with E-state index in [9.17, 15) is 14.7 Å². The molecule has 2 fully saturated rings. The Kier molecular flexibility index (Phi) is 5.04. The van der Waals surface area contributed by atoms with E-state index < -0.39 is 6.04 Å². The minimum atomic E-state index is -0.639. The summed E-state index contributed by atoms with van der Waals surface area (Å²) >= 11 is 0. The summed E-state index contributed by atoms with van der Waals surface area (Å²) < 4.78 is 0. The number of aliphatic hydroxyl groups is 1. The van der Waals surface area contributed by atoms with E-state index in [4.69, 9.17) is 0 Å². The molecular formula is C16H28N2O3. The molecule has 2 N–H and O–H groups in total. The Morgan fingerprint density at radius 2 is 2.05 bits per heavy atom. The first-order valence-corrected chi connectivity index (χ1v) is 8.05. The summed E-state index contributed by atoms with van der Waals surface area (Å²) in [6.45, 7) is 7.21. The van der Waals surface area contributed by atoms with Crippen molar-refractivity contribution in [2.45, 2.75) is 58.5 Å². The summed E-state index contributed by atoms with van der Waals surface area (Å²) in [7, 11) is 0. The SMILES string of the molecule is CC(=O)[C@H](CO)N1CC2(CCC(NCC(C)C)CC2)C1=O. The second-order valence-corrected chi connectivity index (χ2v) is 7.10. The Balaban J connectivity index is 1.85. The van der Waals surface area contributed by atoms with Gasteiger partial charge in [-0.15, -0.1) is 0 Å². The molecule has 1 atom stereocenters. The molecule has 1 saturated carbocycles. The molecule has 1 saturated heterocycles. The number of hydrogen-bond donors (Lipinski definition) is 2. The van der Waals surface area contributed by atoms with Crippen LogP contribution >= 0.6 is 0 Å². The largest absolute Gasteiger partial charge is 0.394 e. The lowest BCUT2D eigenvalue weighted by Crippen LogP contribution is -2.67. The second kappa shape index (κ2) is 6.44. The van der Waals surface area contributed by atoms with Crippen LogP contribution in [0.1, 0.15) is 46.5 Å². The van der Waals surface area contributed by atoms with E-state index in [1.807, 2.05) is 0 Å². The first-order valence-electron chi connectivity index (χ1n) is 8.05. The number of rotatable bonds is 6. The summed E-state index contributed by atoms with van der Waals surface area (Å²) in [6.07, 6.45) is 3.84. The number of nitrogens with zero attached hydrogens (tertiary/aromatic N) is 1. The third-order valence-corrected chi connectivity index (χ3v) is 4.96. The molecule has 5 nitrogen and oxygen atoms in total. The molecule has 1 aliphatic heterocycles. The summed E-state index contributed by atoms with van der Waals surface area (Å²) in [5.74, 6) is 0.578. The van der Waals surface area contributed by atoms with Gasteiger partial charge in [0.2, 0.25) is 5.91 Å². The molecule has 0 aromatic heterocycles. The van der Waals surface area contributed by atoms with Crippen LogP contribution in [0.2, 0.25) is 0 Å². The van der Waals surface area contributed by atoms with E-state index in [2.05, 4.69) is 19.2 Å². The monoisotopic (exact) mass is 296 g/mol. The molecule has 0 radical (unpaired) electrons. The molecule has 120 valence electrons. The second-order valence-electron chi connectivity index (χ2n) is 7.10. The molecule has 1 aliphatic carbocycles. The summed E-state index contributed by atoms with van der Waals surface area (Å²) in [5.41, 5.74) is -0.251. The maximum Gasteiger partial charge on any atom is 0.231 e. The van der Waals surface area contributed by atoms with Crippen molar-refractivity contribution in [1.82, 2.24) is 10.2 Å². The molecule has 1 amide bonds. The van der Waals surface area contributed by atoms with Crippen LogP contribution in [0.15, 0.2) is 0 Å². The van der Waals surface area contributed by atoms with Crippen LogP contribution in [0.5, 0.6) is 0 Å². The molecule has 0 unspecified atom stereocenters. The predicted molar refractivity (Wildman–Crippen MR) is 80.8 cm³/mol. The number of carbonyl (C=O) groups is 2. The van der Waals surface area contributed by atoms with Gasteiger partial charge in [0.25, 0.3) is 0 Å². The maximum absolute atomic E-state index is 12.5. The van der Waals surface area contributed by atoms with Crippen LogP contribution in [0.25, 0.3) is 0 Å². The van der Waals surface area contributed by atoms with Gasteiger partial charge in [-0.25, -0.2) is 0 Å². The number of Topliss-reactive ketones (excluding diaryl/α,β-unsaturated/α-hetero) is 1. The number of carbonyl (C=O) groups excluding carboxylic acids is 2. The van der Waals surface area contributed by atoms with Gasteiger partial charge in [0.15, 0.2) is 5.78 Å². The van der Waals surface area contributed by atoms with Crippen LogP contribution in [-0.4, -0.2) is 53.5 Å². The maximum atomic E-state index is 12.5. The summed E-state index contributed by atoms with van der Waals surface area (Å²) in [6, 6.07) is -0.124. The smallest absolute Gasteiger partial charge is 0.231 e. The average molecular weight is 296 g/mol. The first-order chi connectivity index (χ1) is 9.89. The van der Waals surface area contributed by atoms with Crippen molar-refractivity contribution >= 4 is 11.7 Å². The third-order valence-electron chi connectivity index (χ3n) is 4.96. The number of nitrogens with one attached hydrogen (secondary N) is 1. The fourth-order valence-electron chi connectivity index (χ4n) is 3.53. The quantitative estimate of drug-likeness (QED) is 0.716. The molecule has 5 heteroatoms. The third kappa shape index (κ3) is 3.29. The van der Waals surface area contributed by atoms with Gasteiger partial charge in [-0.2, -0.15) is 0 Å². The highest BCUT2D eigenvalue weighted by atomic mass is 16.3. The van der Waals surface area contributed by atoms with Gasteiger partial charge in [-0.05, 0) is 45.1 Å². The van der Waals surface area contributed by atoms with Crippen LogP contribution in [-0.2, 0) is 9.59 Å². The average Bonchev–Trinajstić information content (AvgIpc) is 2.45. The normalized spacial score (nSPS) is 30.6. The molecule has 2 rings (SSSR count). The van der Waals surface area contributed by atoms with Crippen LogP contribution in [0.4, 0.5) is 0 Å². The van der Waals surface area contributed by atoms with Gasteiger partial charge in [-0.3, -0.25) is 9.59 Å². The fourth-order valence-corrected chi connectivity index (χ4v) is 3.53. The number of aliphatic hydroxyl groups excluding tert-OH is 1. The van der Waals surface area contributed by atoms with Crippen molar-refractivity contribution in [3.05, 3.63) is 0 Å². The Hall–Kier alpha value is -0.940. The van der Waals surface area contributed by atoms with Crippen LogP contribution in [0, 0.1) is 11.3 Å². The number of amides is 1. The highest BCUT2D eigenvalue weighted by Gasteiger charge is 2.55. The number of hydrogen-bond acceptors (Lipinski definition) is 4. The minimum absolute atomic E-state index is 0.0686. The highest BCUT2D eigenvalue weighted by molar-refractivity contribution is 5.94. The molecule has 0 aromatic rings. The molecular weight excluding hydrogens is 268 g/mol. The van der Waals surface area contributed by atoms with Gasteiger partial charge in [-0.1, -0.05) is 13.8 Å². The van der Waals surface area contributed by atoms with Crippen molar-refractivity contribution in [3.8, 4) is 0 Å². The van der Waals surface area contributed by atoms with Crippen molar-refractivity contribution in [3.63, 3.8) is 0 Å². The number of β-lactam (4-membered cyclic amide) rings is 1. The lowest BCUT2D eigenvalue weighted by Gasteiger charge is -2.54. The van der Waals surface area contributed by atoms with Crippen molar-refractivity contribution < 1.29 is 14.7 Å². The standard InChI is InChI=1S/C16H28N2O3/c1-11(2)8-17-13-4-6-16(7-5-13)10-18(15(16)21)14(9-19)12(3)20/h11,13-14,17,19H,4-10H2,1-3H3/t13?,14-,16?/m0/s1. The Bertz CT molecular complexity index is 400. The Labute approximate surface area is 127 Å². The molecule has 0 bridgehead atoms. The zero-order chi connectivity index (χ0) is 15.6. The number of ketones is 1. The predicted octanol–water partition coefficient (Wildman–Crippen LogP) is 0.953. The van der Waals surface area contributed by atoms with Gasteiger partial charge in [0.1, 0.15) is 6.04 Å². The van der Waals surface area contributed by atoms with Gasteiger partial charge in [0.05, 0.1) is 12.0 Å². The Morgan fingerprint density at radius 1 is 1.43 bits per heavy atom. The minimum Gasteiger partial charge on any atom is -0.394 e. The zero-order valence-corrected chi connectivity index (χ0v) is 13.4. The molecule has 2 aliphatic rings. The molecule has 1 spiro atoms. The van der Waals surface area contributed by atoms with Gasteiger partial charge in [0, 0.05) is 12.6 Å². The molecule has 21 heavy (non-hydrogen) atoms.